The van der Waals surface area contributed by atoms with Crippen LogP contribution >= 0.6 is 11.8 Å². The number of carbonyl (C=O) groups is 1. The summed E-state index contributed by atoms with van der Waals surface area (Å²) >= 11 is 1.46. The predicted molar refractivity (Wildman–Crippen MR) is 114 cm³/mol. The number of hydrogen-bond acceptors (Lipinski definition) is 4. The van der Waals surface area contributed by atoms with E-state index in [0.717, 1.165) is 35.2 Å². The Kier molecular flexibility index (Phi) is 5.22. The van der Waals surface area contributed by atoms with Gasteiger partial charge < -0.3 is 9.47 Å². The molecule has 0 N–H and O–H groups in total. The third-order valence-electron chi connectivity index (χ3n) is 5.22. The Bertz CT molecular complexity index is 1010. The van der Waals surface area contributed by atoms with E-state index in [1.54, 1.807) is 0 Å². The van der Waals surface area contributed by atoms with Gasteiger partial charge in [-0.1, -0.05) is 54.2 Å². The monoisotopic (exact) mass is 392 g/mol. The summed E-state index contributed by atoms with van der Waals surface area (Å²) in [6, 6.07) is 16.5. The SMILES string of the molecule is CCn1c(SCC(=O)N2c3ccccc3CC2C)nnc1-c1ccccc1C. The van der Waals surface area contributed by atoms with Crippen molar-refractivity contribution in [2.45, 2.75) is 44.9 Å². The van der Waals surface area contributed by atoms with Crippen LogP contribution in [0.25, 0.3) is 11.4 Å². The molecule has 3 aromatic rings. The topological polar surface area (TPSA) is 51.0 Å². The van der Waals surface area contributed by atoms with Crippen molar-refractivity contribution in [3.8, 4) is 11.4 Å². The standard InChI is InChI=1S/C22H24N4OS/c1-4-25-21(18-11-7-5-9-15(18)2)23-24-22(25)28-14-20(27)26-16(3)13-17-10-6-8-12-19(17)26/h5-12,16H,4,13-14H2,1-3H3. The fraction of sp³-hybridized carbons (Fsp3) is 0.318. The van der Waals surface area contributed by atoms with Crippen LogP contribution < -0.4 is 4.90 Å². The molecule has 1 aromatic heterocycles. The van der Waals surface area contributed by atoms with Gasteiger partial charge in [-0.15, -0.1) is 10.2 Å². The second-order valence-corrected chi connectivity index (χ2v) is 8.04. The van der Waals surface area contributed by atoms with Crippen molar-refractivity contribution in [2.24, 2.45) is 0 Å². The minimum absolute atomic E-state index is 0.116. The lowest BCUT2D eigenvalue weighted by Crippen LogP contribution is -2.37. The summed E-state index contributed by atoms with van der Waals surface area (Å²) in [7, 11) is 0. The third kappa shape index (κ3) is 3.33. The number of anilines is 1. The maximum atomic E-state index is 13.0. The summed E-state index contributed by atoms with van der Waals surface area (Å²) in [6.07, 6.45) is 0.912. The molecular formula is C22H24N4OS. The van der Waals surface area contributed by atoms with E-state index in [0.29, 0.717) is 5.75 Å². The lowest BCUT2D eigenvalue weighted by molar-refractivity contribution is -0.116. The Morgan fingerprint density at radius 3 is 2.68 bits per heavy atom. The number of carbonyl (C=O) groups excluding carboxylic acids is 1. The van der Waals surface area contributed by atoms with Crippen LogP contribution in [0.15, 0.2) is 53.7 Å². The van der Waals surface area contributed by atoms with Crippen LogP contribution in [0.4, 0.5) is 5.69 Å². The second-order valence-electron chi connectivity index (χ2n) is 7.10. The van der Waals surface area contributed by atoms with Gasteiger partial charge in [0, 0.05) is 23.8 Å². The number of para-hydroxylation sites is 1. The normalized spacial score (nSPS) is 15.7. The molecule has 0 aliphatic carbocycles. The van der Waals surface area contributed by atoms with Crippen molar-refractivity contribution in [1.29, 1.82) is 0 Å². The molecule has 1 amide bonds. The first-order valence-corrected chi connectivity index (χ1v) is 10.6. The van der Waals surface area contributed by atoms with Crippen LogP contribution in [0.1, 0.15) is 25.0 Å². The number of nitrogens with zero attached hydrogens (tertiary/aromatic N) is 4. The van der Waals surface area contributed by atoms with E-state index < -0.39 is 0 Å². The van der Waals surface area contributed by atoms with Gasteiger partial charge in [0.05, 0.1) is 5.75 Å². The van der Waals surface area contributed by atoms with Crippen LogP contribution in [-0.2, 0) is 17.8 Å². The van der Waals surface area contributed by atoms with Gasteiger partial charge in [-0.25, -0.2) is 0 Å². The molecule has 6 heteroatoms. The zero-order valence-electron chi connectivity index (χ0n) is 16.4. The van der Waals surface area contributed by atoms with E-state index in [1.807, 2.05) is 35.2 Å². The fourth-order valence-corrected chi connectivity index (χ4v) is 4.71. The Morgan fingerprint density at radius 2 is 1.89 bits per heavy atom. The molecule has 2 aromatic carbocycles. The number of hydrogen-bond donors (Lipinski definition) is 0. The summed E-state index contributed by atoms with van der Waals surface area (Å²) < 4.78 is 2.08. The number of amides is 1. The molecule has 0 radical (unpaired) electrons. The van der Waals surface area contributed by atoms with Crippen LogP contribution in [0.5, 0.6) is 0 Å². The highest BCUT2D eigenvalue weighted by Crippen LogP contribution is 2.33. The average molecular weight is 393 g/mol. The minimum Gasteiger partial charge on any atom is -0.308 e. The molecule has 144 valence electrons. The van der Waals surface area contributed by atoms with E-state index in [-0.39, 0.29) is 11.9 Å². The molecule has 0 bridgehead atoms. The Labute approximate surface area is 169 Å². The molecule has 0 fully saturated rings. The number of aromatic nitrogens is 3. The lowest BCUT2D eigenvalue weighted by Gasteiger charge is -2.22. The Hall–Kier alpha value is -2.60. The van der Waals surface area contributed by atoms with Crippen LogP contribution in [-0.4, -0.2) is 32.5 Å². The number of rotatable bonds is 5. The van der Waals surface area contributed by atoms with Crippen LogP contribution in [0.3, 0.4) is 0 Å². The first-order chi connectivity index (χ1) is 13.6. The highest BCUT2D eigenvalue weighted by Gasteiger charge is 2.30. The van der Waals surface area contributed by atoms with Gasteiger partial charge in [-0.2, -0.15) is 0 Å². The maximum absolute atomic E-state index is 13.0. The molecule has 0 spiro atoms. The summed E-state index contributed by atoms with van der Waals surface area (Å²) in [5, 5.41) is 9.57. The summed E-state index contributed by atoms with van der Waals surface area (Å²) in [5.74, 6) is 1.32. The van der Waals surface area contributed by atoms with Gasteiger partial charge in [0.15, 0.2) is 11.0 Å². The van der Waals surface area contributed by atoms with Gasteiger partial charge in [0.25, 0.3) is 0 Å². The van der Waals surface area contributed by atoms with Crippen molar-refractivity contribution in [3.63, 3.8) is 0 Å². The zero-order chi connectivity index (χ0) is 19.7. The summed E-state index contributed by atoms with van der Waals surface area (Å²) in [6.45, 7) is 7.02. The van der Waals surface area contributed by atoms with E-state index >= 15 is 0 Å². The van der Waals surface area contributed by atoms with Crippen molar-refractivity contribution >= 4 is 23.4 Å². The highest BCUT2D eigenvalue weighted by molar-refractivity contribution is 7.99. The van der Waals surface area contributed by atoms with Gasteiger partial charge in [0.1, 0.15) is 0 Å². The Balaban J connectivity index is 1.53. The van der Waals surface area contributed by atoms with Crippen molar-refractivity contribution in [2.75, 3.05) is 10.7 Å². The number of aryl methyl sites for hydroxylation is 1. The van der Waals surface area contributed by atoms with E-state index in [4.69, 9.17) is 0 Å². The molecule has 1 aliphatic heterocycles. The lowest BCUT2D eigenvalue weighted by atomic mass is 10.1. The second kappa shape index (κ2) is 7.80. The van der Waals surface area contributed by atoms with Gasteiger partial charge in [-0.05, 0) is 44.4 Å². The maximum Gasteiger partial charge on any atom is 0.237 e. The highest BCUT2D eigenvalue weighted by atomic mass is 32.2. The molecule has 2 heterocycles. The van der Waals surface area contributed by atoms with Crippen molar-refractivity contribution in [3.05, 3.63) is 59.7 Å². The zero-order valence-corrected chi connectivity index (χ0v) is 17.2. The predicted octanol–water partition coefficient (Wildman–Crippen LogP) is 4.34. The number of fused-ring (bicyclic) bond motifs is 1. The van der Waals surface area contributed by atoms with Crippen molar-refractivity contribution in [1.82, 2.24) is 14.8 Å². The summed E-state index contributed by atoms with van der Waals surface area (Å²) in [4.78, 5) is 14.9. The van der Waals surface area contributed by atoms with Crippen LogP contribution in [0.2, 0.25) is 0 Å². The molecule has 0 saturated carbocycles. The minimum atomic E-state index is 0.116. The first-order valence-electron chi connectivity index (χ1n) is 9.62. The molecule has 4 rings (SSSR count). The van der Waals surface area contributed by atoms with Crippen LogP contribution in [0, 0.1) is 6.92 Å². The molecule has 1 aliphatic rings. The molecular weight excluding hydrogens is 368 g/mol. The Morgan fingerprint density at radius 1 is 1.14 bits per heavy atom. The van der Waals surface area contributed by atoms with Gasteiger partial charge in [0.2, 0.25) is 5.91 Å². The van der Waals surface area contributed by atoms with Gasteiger partial charge >= 0.3 is 0 Å². The average Bonchev–Trinajstić information content (AvgIpc) is 3.26. The molecule has 28 heavy (non-hydrogen) atoms. The third-order valence-corrected chi connectivity index (χ3v) is 6.17. The van der Waals surface area contributed by atoms with E-state index in [9.17, 15) is 4.79 Å². The summed E-state index contributed by atoms with van der Waals surface area (Å²) in [5.41, 5.74) is 4.53. The number of benzene rings is 2. The quantitative estimate of drug-likeness (QED) is 0.606. The molecule has 5 nitrogen and oxygen atoms in total. The van der Waals surface area contributed by atoms with Crippen molar-refractivity contribution < 1.29 is 4.79 Å². The largest absolute Gasteiger partial charge is 0.308 e. The molecule has 0 saturated heterocycles. The first kappa shape index (κ1) is 18.7. The molecule has 1 atom stereocenters. The van der Waals surface area contributed by atoms with E-state index in [2.05, 4.69) is 53.7 Å². The number of thioether (sulfide) groups is 1. The molecule has 1 unspecified atom stereocenters. The fourth-order valence-electron chi connectivity index (χ4n) is 3.84. The van der Waals surface area contributed by atoms with Gasteiger partial charge in [-0.3, -0.25) is 4.79 Å². The van der Waals surface area contributed by atoms with E-state index in [1.165, 1.54) is 22.9 Å². The smallest absolute Gasteiger partial charge is 0.237 e.